The molecule has 8 nitrogen and oxygen atoms in total. The molecule has 2 heterocycles. The molecule has 1 unspecified atom stereocenters. The number of carbonyl (C=O) groups is 2. The van der Waals surface area contributed by atoms with Crippen LogP contribution in [0.4, 0.5) is 10.6 Å². The van der Waals surface area contributed by atoms with Crippen molar-refractivity contribution in [1.82, 2.24) is 4.98 Å². The van der Waals surface area contributed by atoms with Gasteiger partial charge in [-0.05, 0) is 70.5 Å². The van der Waals surface area contributed by atoms with Gasteiger partial charge in [-0.15, -0.1) is 0 Å². The highest BCUT2D eigenvalue weighted by molar-refractivity contribution is 9.10. The second-order valence-electron chi connectivity index (χ2n) is 8.42. The van der Waals surface area contributed by atoms with E-state index in [0.29, 0.717) is 50.1 Å². The van der Waals surface area contributed by atoms with Crippen molar-refractivity contribution in [3.05, 3.63) is 98.4 Å². The maximum Gasteiger partial charge on any atom is 0.506 e. The lowest BCUT2D eigenvalue weighted by molar-refractivity contribution is 0.0324. The zero-order chi connectivity index (χ0) is 27.5. The van der Waals surface area contributed by atoms with Gasteiger partial charge in [-0.1, -0.05) is 41.4 Å². The largest absolute Gasteiger partial charge is 0.506 e. The van der Waals surface area contributed by atoms with E-state index in [4.69, 9.17) is 42.5 Å². The molecule has 1 aromatic heterocycles. The van der Waals surface area contributed by atoms with Crippen LogP contribution in [0.5, 0.6) is 17.2 Å². The Balaban J connectivity index is 1.30. The minimum atomic E-state index is -1.38. The lowest BCUT2D eigenvalue weighted by Gasteiger charge is -2.27. The molecule has 198 valence electrons. The van der Waals surface area contributed by atoms with Crippen LogP contribution in [-0.2, 0) is 4.74 Å². The Morgan fingerprint density at radius 2 is 1.79 bits per heavy atom. The maximum atomic E-state index is 12.8. The molecule has 11 heteroatoms. The zero-order valence-corrected chi connectivity index (χ0v) is 23.1. The fraction of sp³-hybridized carbons (Fsp3) is 0.107. The van der Waals surface area contributed by atoms with Gasteiger partial charge in [0.05, 0.1) is 17.3 Å². The Morgan fingerprint density at radius 1 is 1.05 bits per heavy atom. The number of hydrogen-bond acceptors (Lipinski definition) is 6. The normalized spacial score (nSPS) is 14.1. The Hall–Kier alpha value is -3.79. The molecule has 1 aliphatic heterocycles. The first-order valence-electron chi connectivity index (χ1n) is 11.6. The minimum absolute atomic E-state index is 0.235. The van der Waals surface area contributed by atoms with E-state index in [1.807, 2.05) is 24.3 Å². The van der Waals surface area contributed by atoms with Gasteiger partial charge in [0.15, 0.2) is 5.75 Å². The molecule has 39 heavy (non-hydrogen) atoms. The van der Waals surface area contributed by atoms with Gasteiger partial charge in [-0.2, -0.15) is 0 Å². The molecule has 4 aromatic rings. The van der Waals surface area contributed by atoms with Crippen molar-refractivity contribution in [3.63, 3.8) is 0 Å². The van der Waals surface area contributed by atoms with Crippen LogP contribution < -0.4 is 14.8 Å². The molecule has 0 bridgehead atoms. The summed E-state index contributed by atoms with van der Waals surface area (Å²) in [5.41, 5.74) is 2.48. The van der Waals surface area contributed by atoms with Crippen LogP contribution in [0.2, 0.25) is 10.0 Å². The van der Waals surface area contributed by atoms with Gasteiger partial charge in [0.2, 0.25) is 0 Å². The number of halogens is 3. The number of aromatic nitrogens is 1. The summed E-state index contributed by atoms with van der Waals surface area (Å²) in [5, 5.41) is 12.7. The number of amides is 1. The highest BCUT2D eigenvalue weighted by Crippen LogP contribution is 2.49. The van der Waals surface area contributed by atoms with Crippen LogP contribution in [0.1, 0.15) is 28.4 Å². The van der Waals surface area contributed by atoms with Crippen molar-refractivity contribution >= 4 is 57.0 Å². The van der Waals surface area contributed by atoms with E-state index in [1.165, 1.54) is 0 Å². The van der Waals surface area contributed by atoms with Crippen LogP contribution >= 0.6 is 39.1 Å². The average molecular weight is 630 g/mol. The molecule has 1 amide bonds. The number of ether oxygens (including phenoxy) is 3. The number of benzene rings is 3. The summed E-state index contributed by atoms with van der Waals surface area (Å²) >= 11 is 15.9. The number of carboxylic acid groups (broad SMARTS) is 1. The molecule has 1 atom stereocenters. The fourth-order valence-corrected chi connectivity index (χ4v) is 5.14. The van der Waals surface area contributed by atoms with E-state index in [1.54, 1.807) is 48.5 Å². The second-order valence-corrected chi connectivity index (χ2v) is 10.1. The van der Waals surface area contributed by atoms with Crippen LogP contribution in [0, 0.1) is 0 Å². The van der Waals surface area contributed by atoms with E-state index >= 15 is 0 Å². The summed E-state index contributed by atoms with van der Waals surface area (Å²) in [6, 6.07) is 20.7. The van der Waals surface area contributed by atoms with Crippen molar-refractivity contribution in [3.8, 4) is 28.5 Å². The third-order valence-corrected chi connectivity index (χ3v) is 7.10. The minimum Gasteiger partial charge on any atom is -0.492 e. The van der Waals surface area contributed by atoms with Gasteiger partial charge in [0.25, 0.3) is 5.91 Å². The van der Waals surface area contributed by atoms with E-state index in [-0.39, 0.29) is 23.3 Å². The van der Waals surface area contributed by atoms with Crippen molar-refractivity contribution in [1.29, 1.82) is 0 Å². The first-order valence-corrected chi connectivity index (χ1v) is 13.2. The topological polar surface area (TPSA) is 107 Å². The molecule has 1 aliphatic rings. The van der Waals surface area contributed by atoms with E-state index < -0.39 is 12.3 Å². The molecule has 0 fully saturated rings. The average Bonchev–Trinajstić information content (AvgIpc) is 2.92. The smallest absolute Gasteiger partial charge is 0.492 e. The van der Waals surface area contributed by atoms with Gasteiger partial charge in [0, 0.05) is 28.1 Å². The molecule has 5 rings (SSSR count). The summed E-state index contributed by atoms with van der Waals surface area (Å²) in [6.45, 7) is 0.270. The van der Waals surface area contributed by atoms with Crippen molar-refractivity contribution in [2.45, 2.75) is 12.5 Å². The Kier molecular flexibility index (Phi) is 7.92. The third kappa shape index (κ3) is 6.11. The second kappa shape index (κ2) is 11.5. The summed E-state index contributed by atoms with van der Waals surface area (Å²) in [7, 11) is 0. The van der Waals surface area contributed by atoms with Crippen molar-refractivity contribution < 1.29 is 28.9 Å². The first kappa shape index (κ1) is 26.8. The van der Waals surface area contributed by atoms with Crippen LogP contribution in [0.15, 0.2) is 77.3 Å². The number of fused-ring (bicyclic) bond motifs is 1. The monoisotopic (exact) mass is 628 g/mol. The summed E-state index contributed by atoms with van der Waals surface area (Å²) < 4.78 is 17.1. The van der Waals surface area contributed by atoms with Crippen molar-refractivity contribution in [2.75, 3.05) is 11.9 Å². The van der Waals surface area contributed by atoms with Gasteiger partial charge in [0.1, 0.15) is 27.9 Å². The Bertz CT molecular complexity index is 1550. The first-order chi connectivity index (χ1) is 18.8. The lowest BCUT2D eigenvalue weighted by Crippen LogP contribution is -2.19. The number of nitrogens with one attached hydrogen (secondary N) is 1. The van der Waals surface area contributed by atoms with Gasteiger partial charge >= 0.3 is 6.16 Å². The molecule has 0 radical (unpaired) electrons. The Labute approximate surface area is 241 Å². The van der Waals surface area contributed by atoms with Gasteiger partial charge in [-0.25, -0.2) is 9.78 Å². The number of anilines is 1. The fourth-order valence-electron chi connectivity index (χ4n) is 4.02. The van der Waals surface area contributed by atoms with Crippen LogP contribution in [0.3, 0.4) is 0 Å². The van der Waals surface area contributed by atoms with Crippen LogP contribution in [-0.4, -0.2) is 28.8 Å². The summed E-state index contributed by atoms with van der Waals surface area (Å²) in [6.07, 6.45) is -1.71. The summed E-state index contributed by atoms with van der Waals surface area (Å²) in [5.74, 6) is 1.17. The maximum absolute atomic E-state index is 12.8. The molecular formula is C28H19BrCl2N2O6. The molecule has 0 saturated carbocycles. The van der Waals surface area contributed by atoms with E-state index in [2.05, 4.69) is 26.2 Å². The lowest BCUT2D eigenvalue weighted by atomic mass is 10.0. The molecule has 3 aromatic carbocycles. The highest BCUT2D eigenvalue weighted by Gasteiger charge is 2.30. The van der Waals surface area contributed by atoms with Gasteiger partial charge in [-0.3, -0.25) is 4.79 Å². The van der Waals surface area contributed by atoms with E-state index in [0.717, 1.165) is 5.56 Å². The van der Waals surface area contributed by atoms with Crippen molar-refractivity contribution in [2.24, 2.45) is 0 Å². The standard InChI is InChI=1S/C28H19BrCl2N2O6/c29-24-25-19(22(12-13-37-25)39-28(35)36)14-20(31)26(24)38-18-10-6-16(7-11-18)27(34)33-23-3-1-2-21(32-23)15-4-8-17(30)9-5-15/h1-11,14,22H,12-13H2,(H,35,36)(H,32,33,34). The third-order valence-electron chi connectivity index (χ3n) is 5.84. The molecular weight excluding hydrogens is 611 g/mol. The van der Waals surface area contributed by atoms with E-state index in [9.17, 15) is 9.59 Å². The number of nitrogens with zero attached hydrogens (tertiary/aromatic N) is 1. The highest BCUT2D eigenvalue weighted by atomic mass is 79.9. The number of rotatable bonds is 6. The van der Waals surface area contributed by atoms with Gasteiger partial charge < -0.3 is 24.6 Å². The quantitative estimate of drug-likeness (QED) is 0.206. The number of carbonyl (C=O) groups excluding carboxylic acids is 1. The molecule has 0 aliphatic carbocycles. The Morgan fingerprint density at radius 3 is 2.51 bits per heavy atom. The zero-order valence-electron chi connectivity index (χ0n) is 20.0. The summed E-state index contributed by atoms with van der Waals surface area (Å²) in [4.78, 5) is 28.4. The number of hydrogen-bond donors (Lipinski definition) is 2. The number of pyridine rings is 1. The SMILES string of the molecule is O=C(O)OC1CCOc2c1cc(Cl)c(Oc1ccc(C(=O)Nc3cccc(-c4ccc(Cl)cc4)n3)cc1)c2Br. The molecule has 0 spiro atoms. The van der Waals surface area contributed by atoms with Crippen LogP contribution in [0.25, 0.3) is 11.3 Å². The predicted octanol–water partition coefficient (Wildman–Crippen LogP) is 8.38. The molecule has 0 saturated heterocycles. The molecule has 2 N–H and O–H groups in total. The predicted molar refractivity (Wildman–Crippen MR) is 150 cm³/mol.